The van der Waals surface area contributed by atoms with Crippen LogP contribution in [0.25, 0.3) is 10.6 Å². The number of carbonyl (C=O) groups is 2. The maximum atomic E-state index is 12.7. The van der Waals surface area contributed by atoms with Gasteiger partial charge in [-0.25, -0.2) is 4.98 Å². The van der Waals surface area contributed by atoms with Gasteiger partial charge in [0.25, 0.3) is 0 Å². The van der Waals surface area contributed by atoms with Gasteiger partial charge in [-0.15, -0.1) is 11.3 Å². The van der Waals surface area contributed by atoms with Crippen LogP contribution in [-0.2, 0) is 16.1 Å². The van der Waals surface area contributed by atoms with E-state index in [0.29, 0.717) is 13.1 Å². The number of amides is 2. The van der Waals surface area contributed by atoms with E-state index in [2.05, 4.69) is 10.3 Å². The number of likely N-dealkylation sites (tertiary alicyclic amines) is 1. The van der Waals surface area contributed by atoms with Gasteiger partial charge in [0.15, 0.2) is 0 Å². The predicted octanol–water partition coefficient (Wildman–Crippen LogP) is 4.11. The molecule has 1 atom stereocenters. The van der Waals surface area contributed by atoms with E-state index in [9.17, 15) is 9.59 Å². The number of anilines is 1. The Morgan fingerprint density at radius 2 is 2.07 bits per heavy atom. The van der Waals surface area contributed by atoms with Gasteiger partial charge in [0, 0.05) is 42.3 Å². The Morgan fingerprint density at radius 3 is 2.82 bits per heavy atom. The lowest BCUT2D eigenvalue weighted by Crippen LogP contribution is -2.28. The number of thiazole rings is 1. The van der Waals surface area contributed by atoms with Crippen molar-refractivity contribution in [1.82, 2.24) is 9.88 Å². The van der Waals surface area contributed by atoms with E-state index in [1.165, 1.54) is 5.56 Å². The molecule has 0 aliphatic carbocycles. The maximum Gasteiger partial charge on any atom is 0.229 e. The molecule has 1 unspecified atom stereocenters. The summed E-state index contributed by atoms with van der Waals surface area (Å²) >= 11 is 1.56. The summed E-state index contributed by atoms with van der Waals surface area (Å²) in [5, 5.41) is 5.79. The number of nitrogens with one attached hydrogen (secondary N) is 1. The highest BCUT2D eigenvalue weighted by Gasteiger charge is 2.34. The van der Waals surface area contributed by atoms with Crippen LogP contribution in [-0.4, -0.2) is 28.2 Å². The van der Waals surface area contributed by atoms with Gasteiger partial charge in [0.1, 0.15) is 5.01 Å². The fraction of sp³-hybridized carbons (Fsp3) is 0.227. The number of rotatable bonds is 5. The van der Waals surface area contributed by atoms with Gasteiger partial charge in [-0.1, -0.05) is 42.0 Å². The average Bonchev–Trinajstić information content (AvgIpc) is 3.34. The molecule has 0 saturated carbocycles. The van der Waals surface area contributed by atoms with Gasteiger partial charge in [0.2, 0.25) is 11.8 Å². The molecular formula is C22H21N3O2S. The van der Waals surface area contributed by atoms with Crippen LogP contribution >= 0.6 is 11.3 Å². The van der Waals surface area contributed by atoms with Crippen LogP contribution in [0.1, 0.15) is 17.5 Å². The highest BCUT2D eigenvalue weighted by molar-refractivity contribution is 7.13. The highest BCUT2D eigenvalue weighted by Crippen LogP contribution is 2.26. The first-order chi connectivity index (χ1) is 13.6. The Balaban J connectivity index is 1.40. The smallest absolute Gasteiger partial charge is 0.229 e. The Kier molecular flexibility index (Phi) is 5.21. The molecule has 1 aliphatic heterocycles. The average molecular weight is 391 g/mol. The number of carbonyl (C=O) groups excluding carboxylic acids is 2. The van der Waals surface area contributed by atoms with Crippen molar-refractivity contribution in [2.75, 3.05) is 11.9 Å². The van der Waals surface area contributed by atoms with Gasteiger partial charge >= 0.3 is 0 Å². The van der Waals surface area contributed by atoms with Crippen molar-refractivity contribution >= 4 is 28.8 Å². The zero-order valence-corrected chi connectivity index (χ0v) is 16.4. The van der Waals surface area contributed by atoms with Gasteiger partial charge in [-0.05, 0) is 24.6 Å². The van der Waals surface area contributed by atoms with Crippen LogP contribution in [0.5, 0.6) is 0 Å². The number of nitrogens with zero attached hydrogens (tertiary/aromatic N) is 2. The van der Waals surface area contributed by atoms with Gasteiger partial charge in [-0.3, -0.25) is 9.59 Å². The third-order valence-corrected chi connectivity index (χ3v) is 5.71. The lowest BCUT2D eigenvalue weighted by atomic mass is 10.1. The molecule has 0 radical (unpaired) electrons. The van der Waals surface area contributed by atoms with Crippen molar-refractivity contribution in [3.63, 3.8) is 0 Å². The molecule has 1 fully saturated rings. The molecular weight excluding hydrogens is 370 g/mol. The minimum Gasteiger partial charge on any atom is -0.338 e. The van der Waals surface area contributed by atoms with E-state index in [0.717, 1.165) is 21.8 Å². The van der Waals surface area contributed by atoms with Crippen LogP contribution in [0.4, 0.5) is 5.69 Å². The second kappa shape index (κ2) is 7.94. The van der Waals surface area contributed by atoms with E-state index in [1.54, 1.807) is 22.4 Å². The Labute approximate surface area is 168 Å². The summed E-state index contributed by atoms with van der Waals surface area (Å²) in [5.41, 5.74) is 3.96. The number of aryl methyl sites for hydroxylation is 1. The molecule has 6 heteroatoms. The number of hydrogen-bond acceptors (Lipinski definition) is 4. The fourth-order valence-electron chi connectivity index (χ4n) is 3.35. The maximum absolute atomic E-state index is 12.7. The van der Waals surface area contributed by atoms with Gasteiger partial charge in [0.05, 0.1) is 5.92 Å². The fourth-order valence-corrected chi connectivity index (χ4v) is 3.99. The quantitative estimate of drug-likeness (QED) is 0.712. The van der Waals surface area contributed by atoms with Crippen LogP contribution < -0.4 is 5.32 Å². The first-order valence-corrected chi connectivity index (χ1v) is 10.1. The third kappa shape index (κ3) is 4.12. The molecule has 1 saturated heterocycles. The van der Waals surface area contributed by atoms with Crippen LogP contribution in [0.2, 0.25) is 0 Å². The molecule has 1 aromatic heterocycles. The molecule has 28 heavy (non-hydrogen) atoms. The predicted molar refractivity (Wildman–Crippen MR) is 111 cm³/mol. The molecule has 2 aromatic carbocycles. The van der Waals surface area contributed by atoms with Crippen molar-refractivity contribution in [3.05, 3.63) is 71.2 Å². The molecule has 142 valence electrons. The monoisotopic (exact) mass is 391 g/mol. The van der Waals surface area contributed by atoms with Gasteiger partial charge in [-0.2, -0.15) is 0 Å². The van der Waals surface area contributed by atoms with E-state index in [-0.39, 0.29) is 24.2 Å². The lowest BCUT2D eigenvalue weighted by molar-refractivity contribution is -0.128. The molecule has 1 N–H and O–H groups in total. The molecule has 0 bridgehead atoms. The molecule has 3 aromatic rings. The summed E-state index contributed by atoms with van der Waals surface area (Å²) in [4.78, 5) is 31.1. The van der Waals surface area contributed by atoms with Crippen molar-refractivity contribution in [2.24, 2.45) is 5.92 Å². The minimum absolute atomic E-state index is 0.0252. The zero-order valence-electron chi connectivity index (χ0n) is 15.6. The number of benzene rings is 2. The summed E-state index contributed by atoms with van der Waals surface area (Å²) in [6, 6.07) is 15.8. The summed E-state index contributed by atoms with van der Waals surface area (Å²) < 4.78 is 0. The topological polar surface area (TPSA) is 62.3 Å². The third-order valence-electron chi connectivity index (χ3n) is 4.89. The summed E-state index contributed by atoms with van der Waals surface area (Å²) in [7, 11) is 0. The Bertz CT molecular complexity index is 983. The summed E-state index contributed by atoms with van der Waals surface area (Å²) in [6.45, 7) is 3.03. The summed E-state index contributed by atoms with van der Waals surface area (Å²) in [5.74, 6) is -0.422. The number of aromatic nitrogens is 1. The van der Waals surface area contributed by atoms with Crippen molar-refractivity contribution in [2.45, 2.75) is 19.9 Å². The SMILES string of the molecule is Cc1ccc(CN2CC(C(=O)Nc3cccc(-c4nccs4)c3)CC2=O)cc1. The second-order valence-electron chi connectivity index (χ2n) is 7.07. The standard InChI is InChI=1S/C22H21N3O2S/c1-15-5-7-16(8-6-15)13-25-14-18(12-20(25)26)21(27)24-19-4-2-3-17(11-19)22-23-9-10-28-22/h2-11,18H,12-14H2,1H3,(H,24,27). The largest absolute Gasteiger partial charge is 0.338 e. The van der Waals surface area contributed by atoms with Gasteiger partial charge < -0.3 is 10.2 Å². The van der Waals surface area contributed by atoms with E-state index >= 15 is 0 Å². The van der Waals surface area contributed by atoms with Crippen molar-refractivity contribution < 1.29 is 9.59 Å². The Hall–Kier alpha value is -2.99. The normalized spacial score (nSPS) is 16.4. The van der Waals surface area contributed by atoms with E-state index in [1.807, 2.05) is 60.8 Å². The van der Waals surface area contributed by atoms with Crippen LogP contribution in [0.15, 0.2) is 60.1 Å². The molecule has 4 rings (SSSR count). The molecule has 2 heterocycles. The van der Waals surface area contributed by atoms with E-state index in [4.69, 9.17) is 0 Å². The molecule has 2 amide bonds. The minimum atomic E-state index is -0.332. The Morgan fingerprint density at radius 1 is 1.25 bits per heavy atom. The first kappa shape index (κ1) is 18.4. The first-order valence-electron chi connectivity index (χ1n) is 9.22. The number of hydrogen-bond donors (Lipinski definition) is 1. The highest BCUT2D eigenvalue weighted by atomic mass is 32.1. The van der Waals surface area contributed by atoms with Crippen molar-refractivity contribution in [3.8, 4) is 10.6 Å². The second-order valence-corrected chi connectivity index (χ2v) is 7.96. The zero-order chi connectivity index (χ0) is 19.5. The lowest BCUT2D eigenvalue weighted by Gasteiger charge is -2.17. The van der Waals surface area contributed by atoms with Crippen LogP contribution in [0.3, 0.4) is 0 Å². The van der Waals surface area contributed by atoms with Crippen LogP contribution in [0, 0.1) is 12.8 Å². The molecule has 1 aliphatic rings. The molecule has 0 spiro atoms. The summed E-state index contributed by atoms with van der Waals surface area (Å²) in [6.07, 6.45) is 2.02. The van der Waals surface area contributed by atoms with Crippen molar-refractivity contribution in [1.29, 1.82) is 0 Å². The van der Waals surface area contributed by atoms with E-state index < -0.39 is 0 Å². The molecule has 5 nitrogen and oxygen atoms in total.